The van der Waals surface area contributed by atoms with Gasteiger partial charge in [0.05, 0.1) is 0 Å². The van der Waals surface area contributed by atoms with Crippen molar-refractivity contribution < 1.29 is 9.94 Å². The lowest BCUT2D eigenvalue weighted by Crippen LogP contribution is -2.25. The van der Waals surface area contributed by atoms with Crippen LogP contribution >= 0.6 is 0 Å². The van der Waals surface area contributed by atoms with Gasteiger partial charge in [0, 0.05) is 13.1 Å². The maximum Gasteiger partial charge on any atom is 0.164 e. The van der Waals surface area contributed by atoms with Crippen molar-refractivity contribution in [3.8, 4) is 0 Å². The quantitative estimate of drug-likeness (QED) is 0.582. The van der Waals surface area contributed by atoms with Gasteiger partial charge in [0.15, 0.2) is 6.79 Å². The van der Waals surface area contributed by atoms with Crippen molar-refractivity contribution in [2.45, 2.75) is 25.7 Å². The van der Waals surface area contributed by atoms with Gasteiger partial charge in [0.2, 0.25) is 0 Å². The summed E-state index contributed by atoms with van der Waals surface area (Å²) in [6, 6.07) is 0. The van der Waals surface area contributed by atoms with E-state index in [1.807, 2.05) is 5.06 Å². The maximum absolute atomic E-state index is 8.45. The van der Waals surface area contributed by atoms with E-state index in [1.54, 1.807) is 0 Å². The molecule has 60 valence electrons. The Morgan fingerprint density at radius 2 is 1.70 bits per heavy atom. The highest BCUT2D eigenvalue weighted by molar-refractivity contribution is 4.54. The summed E-state index contributed by atoms with van der Waals surface area (Å²) in [7, 11) is 0. The van der Waals surface area contributed by atoms with E-state index in [2.05, 4.69) is 0 Å². The average molecular weight is 145 g/mol. The van der Waals surface area contributed by atoms with E-state index in [4.69, 9.17) is 9.94 Å². The minimum absolute atomic E-state index is 0.181. The Morgan fingerprint density at radius 3 is 2.20 bits per heavy atom. The van der Waals surface area contributed by atoms with Gasteiger partial charge in [-0.05, 0) is 12.8 Å². The Morgan fingerprint density at radius 1 is 1.10 bits per heavy atom. The fourth-order valence-electron chi connectivity index (χ4n) is 1.25. The average Bonchev–Trinajstić information content (AvgIpc) is 2.17. The van der Waals surface area contributed by atoms with Crippen LogP contribution in [0.25, 0.3) is 0 Å². The summed E-state index contributed by atoms with van der Waals surface area (Å²) < 4.78 is 0. The Hall–Kier alpha value is -0.120. The minimum Gasteiger partial charge on any atom is -0.369 e. The van der Waals surface area contributed by atoms with Crippen LogP contribution in [0.5, 0.6) is 0 Å². The number of aliphatic hydroxyl groups is 1. The molecular weight excluding hydrogens is 130 g/mol. The van der Waals surface area contributed by atoms with Gasteiger partial charge in [-0.3, -0.25) is 4.84 Å². The van der Waals surface area contributed by atoms with Gasteiger partial charge in [-0.2, -0.15) is 5.06 Å². The van der Waals surface area contributed by atoms with Crippen LogP contribution in [0.15, 0.2) is 0 Å². The van der Waals surface area contributed by atoms with Crippen LogP contribution < -0.4 is 0 Å². The first-order valence-electron chi connectivity index (χ1n) is 3.92. The summed E-state index contributed by atoms with van der Waals surface area (Å²) in [6.07, 6.45) is 4.98. The second-order valence-corrected chi connectivity index (χ2v) is 2.60. The molecule has 0 atom stereocenters. The lowest BCUT2D eigenvalue weighted by atomic mass is 10.2. The lowest BCUT2D eigenvalue weighted by molar-refractivity contribution is -0.207. The highest BCUT2D eigenvalue weighted by Crippen LogP contribution is 2.08. The molecule has 1 fully saturated rings. The molecule has 1 N–H and O–H groups in total. The van der Waals surface area contributed by atoms with Crippen molar-refractivity contribution in [3.05, 3.63) is 0 Å². The Kier molecular flexibility index (Phi) is 3.72. The van der Waals surface area contributed by atoms with E-state index in [9.17, 15) is 0 Å². The van der Waals surface area contributed by atoms with Crippen LogP contribution in [0.1, 0.15) is 25.7 Å². The second kappa shape index (κ2) is 4.66. The van der Waals surface area contributed by atoms with Crippen molar-refractivity contribution in [3.63, 3.8) is 0 Å². The van der Waals surface area contributed by atoms with Crippen LogP contribution in [0.4, 0.5) is 0 Å². The van der Waals surface area contributed by atoms with Crippen LogP contribution in [0, 0.1) is 0 Å². The van der Waals surface area contributed by atoms with Gasteiger partial charge in [-0.1, -0.05) is 12.8 Å². The molecule has 0 aromatic carbocycles. The molecule has 3 heteroatoms. The predicted octanol–water partition coefficient (Wildman–Crippen LogP) is 0.744. The summed E-state index contributed by atoms with van der Waals surface area (Å²) in [5, 5.41) is 10.3. The smallest absolute Gasteiger partial charge is 0.164 e. The molecule has 0 aromatic heterocycles. The fraction of sp³-hybridized carbons (Fsp3) is 1.00. The molecule has 1 aliphatic heterocycles. The zero-order valence-corrected chi connectivity index (χ0v) is 6.25. The molecule has 1 aliphatic rings. The summed E-state index contributed by atoms with van der Waals surface area (Å²) in [6.45, 7) is 1.76. The van der Waals surface area contributed by atoms with Gasteiger partial charge in [-0.15, -0.1) is 0 Å². The molecule has 0 spiro atoms. The topological polar surface area (TPSA) is 32.7 Å². The summed E-state index contributed by atoms with van der Waals surface area (Å²) >= 11 is 0. The zero-order chi connectivity index (χ0) is 7.23. The third kappa shape index (κ3) is 2.64. The number of hydrogen-bond acceptors (Lipinski definition) is 3. The van der Waals surface area contributed by atoms with Crippen LogP contribution in [-0.4, -0.2) is 30.1 Å². The number of nitrogens with zero attached hydrogens (tertiary/aromatic N) is 1. The molecule has 0 unspecified atom stereocenters. The predicted molar refractivity (Wildman–Crippen MR) is 38.2 cm³/mol. The van der Waals surface area contributed by atoms with Crippen molar-refractivity contribution in [2.75, 3.05) is 19.9 Å². The van der Waals surface area contributed by atoms with Gasteiger partial charge in [-0.25, -0.2) is 0 Å². The van der Waals surface area contributed by atoms with Gasteiger partial charge >= 0.3 is 0 Å². The molecule has 1 heterocycles. The second-order valence-electron chi connectivity index (χ2n) is 2.60. The summed E-state index contributed by atoms with van der Waals surface area (Å²) in [5.74, 6) is 0. The van der Waals surface area contributed by atoms with Crippen molar-refractivity contribution in [2.24, 2.45) is 0 Å². The molecule has 3 nitrogen and oxygen atoms in total. The monoisotopic (exact) mass is 145 g/mol. The van der Waals surface area contributed by atoms with E-state index in [0.29, 0.717) is 0 Å². The summed E-state index contributed by atoms with van der Waals surface area (Å²) in [4.78, 5) is 4.95. The molecule has 0 aliphatic carbocycles. The van der Waals surface area contributed by atoms with Crippen LogP contribution in [-0.2, 0) is 4.84 Å². The fourth-order valence-corrected chi connectivity index (χ4v) is 1.25. The SMILES string of the molecule is OCON1CCCCCC1. The van der Waals surface area contributed by atoms with Crippen LogP contribution in [0.3, 0.4) is 0 Å². The minimum atomic E-state index is -0.181. The first-order valence-corrected chi connectivity index (χ1v) is 3.92. The van der Waals surface area contributed by atoms with E-state index in [0.717, 1.165) is 13.1 Å². The molecule has 0 bridgehead atoms. The Labute approximate surface area is 61.5 Å². The number of hydroxylamine groups is 2. The number of aliphatic hydroxyl groups excluding tert-OH is 1. The van der Waals surface area contributed by atoms with Crippen molar-refractivity contribution >= 4 is 0 Å². The Bertz CT molecular complexity index is 79.7. The molecule has 0 saturated carbocycles. The first kappa shape index (κ1) is 7.98. The molecular formula is C7H15NO2. The molecule has 1 saturated heterocycles. The highest BCUT2D eigenvalue weighted by Gasteiger charge is 2.07. The standard InChI is InChI=1S/C7H15NO2/c9-7-10-8-5-3-1-2-4-6-8/h9H,1-7H2. The van der Waals surface area contributed by atoms with Gasteiger partial charge in [0.1, 0.15) is 0 Å². The molecule has 0 amide bonds. The first-order chi connectivity index (χ1) is 4.93. The number of rotatable bonds is 2. The maximum atomic E-state index is 8.45. The largest absolute Gasteiger partial charge is 0.369 e. The van der Waals surface area contributed by atoms with Gasteiger partial charge in [0.25, 0.3) is 0 Å². The van der Waals surface area contributed by atoms with E-state index >= 15 is 0 Å². The van der Waals surface area contributed by atoms with E-state index < -0.39 is 0 Å². The molecule has 1 rings (SSSR count). The summed E-state index contributed by atoms with van der Waals surface area (Å²) in [5.41, 5.74) is 0. The lowest BCUT2D eigenvalue weighted by Gasteiger charge is -2.16. The Balaban J connectivity index is 2.15. The molecule has 0 radical (unpaired) electrons. The van der Waals surface area contributed by atoms with Crippen molar-refractivity contribution in [1.82, 2.24) is 5.06 Å². The van der Waals surface area contributed by atoms with Crippen LogP contribution in [0.2, 0.25) is 0 Å². The zero-order valence-electron chi connectivity index (χ0n) is 6.25. The number of hydrogen-bond donors (Lipinski definition) is 1. The van der Waals surface area contributed by atoms with Gasteiger partial charge < -0.3 is 5.11 Å². The van der Waals surface area contributed by atoms with E-state index in [1.165, 1.54) is 25.7 Å². The molecule has 10 heavy (non-hydrogen) atoms. The third-order valence-corrected chi connectivity index (χ3v) is 1.81. The third-order valence-electron chi connectivity index (χ3n) is 1.81. The highest BCUT2D eigenvalue weighted by atomic mass is 16.7. The van der Waals surface area contributed by atoms with Crippen molar-refractivity contribution in [1.29, 1.82) is 0 Å². The molecule has 0 aromatic rings. The van der Waals surface area contributed by atoms with E-state index in [-0.39, 0.29) is 6.79 Å². The normalized spacial score (nSPS) is 22.5.